The molecule has 1 aliphatic heterocycles. The molecule has 2 aromatic carbocycles. The normalized spacial score (nSPS) is 15.6. The maximum absolute atomic E-state index is 12.1. The number of benzene rings is 2. The van der Waals surface area contributed by atoms with Crippen LogP contribution in [-0.4, -0.2) is 24.0 Å². The summed E-state index contributed by atoms with van der Waals surface area (Å²) in [5.41, 5.74) is 3.41. The predicted molar refractivity (Wildman–Crippen MR) is 113 cm³/mol. The van der Waals surface area contributed by atoms with E-state index in [4.69, 9.17) is 4.74 Å². The van der Waals surface area contributed by atoms with Gasteiger partial charge < -0.3 is 10.1 Å². The highest BCUT2D eigenvalue weighted by Crippen LogP contribution is 2.45. The van der Waals surface area contributed by atoms with Crippen molar-refractivity contribution in [2.75, 3.05) is 23.4 Å². The Balaban J connectivity index is 1.47. The number of nitrogens with one attached hydrogen (secondary N) is 1. The number of thioether (sulfide) groups is 2. The Bertz CT molecular complexity index is 710. The number of hydrogen-bond acceptors (Lipinski definition) is 4. The van der Waals surface area contributed by atoms with E-state index < -0.39 is 0 Å². The van der Waals surface area contributed by atoms with Crippen LogP contribution in [0.25, 0.3) is 0 Å². The van der Waals surface area contributed by atoms with Gasteiger partial charge in [0, 0.05) is 17.2 Å². The zero-order chi connectivity index (χ0) is 18.4. The second-order valence-electron chi connectivity index (χ2n) is 6.41. The van der Waals surface area contributed by atoms with Crippen LogP contribution >= 0.6 is 23.5 Å². The molecule has 26 heavy (non-hydrogen) atoms. The number of carbonyl (C=O) groups excluding carboxylic acids is 1. The van der Waals surface area contributed by atoms with Crippen molar-refractivity contribution in [3.8, 4) is 5.75 Å². The lowest BCUT2D eigenvalue weighted by Gasteiger charge is -2.12. The van der Waals surface area contributed by atoms with Crippen LogP contribution in [0.2, 0.25) is 0 Å². The van der Waals surface area contributed by atoms with Gasteiger partial charge in [-0.1, -0.05) is 38.1 Å². The van der Waals surface area contributed by atoms with Crippen LogP contribution in [0.4, 0.5) is 5.69 Å². The molecule has 1 heterocycles. The van der Waals surface area contributed by atoms with Crippen LogP contribution in [0.15, 0.2) is 48.5 Å². The molecule has 3 nitrogen and oxygen atoms in total. The molecular weight excluding hydrogens is 362 g/mol. The molecule has 0 saturated carbocycles. The molecule has 1 saturated heterocycles. The summed E-state index contributed by atoms with van der Waals surface area (Å²) in [6.45, 7) is 4.39. The van der Waals surface area contributed by atoms with Crippen molar-refractivity contribution in [2.24, 2.45) is 0 Å². The van der Waals surface area contributed by atoms with E-state index in [1.807, 2.05) is 47.8 Å². The fraction of sp³-hybridized carbons (Fsp3) is 0.381. The van der Waals surface area contributed by atoms with E-state index in [1.54, 1.807) is 0 Å². The Hall–Kier alpha value is -1.59. The second kappa shape index (κ2) is 9.38. The van der Waals surface area contributed by atoms with Gasteiger partial charge in [0.15, 0.2) is 6.61 Å². The van der Waals surface area contributed by atoms with E-state index >= 15 is 0 Å². The number of carbonyl (C=O) groups is 1. The van der Waals surface area contributed by atoms with E-state index in [1.165, 1.54) is 22.6 Å². The summed E-state index contributed by atoms with van der Waals surface area (Å²) < 4.78 is 6.14. The summed E-state index contributed by atoms with van der Waals surface area (Å²) in [7, 11) is 0. The molecule has 0 spiro atoms. The standard InChI is InChI=1S/C21H25NO2S2/c1-3-15(2)16-4-8-18(9-5-16)22-20(23)14-24-19-10-6-17(7-11-19)21-25-12-13-26-21/h4-11,15,21H,3,12-14H2,1-2H3,(H,22,23)/t15-/m1/s1. The van der Waals surface area contributed by atoms with Crippen molar-refractivity contribution in [3.63, 3.8) is 0 Å². The van der Waals surface area contributed by atoms with Crippen LogP contribution in [0.5, 0.6) is 5.75 Å². The van der Waals surface area contributed by atoms with E-state index in [-0.39, 0.29) is 12.5 Å². The minimum absolute atomic E-state index is 0.0133. The molecule has 0 bridgehead atoms. The first kappa shape index (κ1) is 19.2. The summed E-state index contributed by atoms with van der Waals surface area (Å²) in [6.07, 6.45) is 1.11. The van der Waals surface area contributed by atoms with Gasteiger partial charge in [0.2, 0.25) is 0 Å². The first-order valence-corrected chi connectivity index (χ1v) is 11.1. The molecule has 138 valence electrons. The largest absolute Gasteiger partial charge is 0.484 e. The lowest BCUT2D eigenvalue weighted by atomic mass is 9.99. The summed E-state index contributed by atoms with van der Waals surface area (Å²) in [5, 5.41) is 2.88. The highest BCUT2D eigenvalue weighted by molar-refractivity contribution is 8.19. The highest BCUT2D eigenvalue weighted by atomic mass is 32.2. The molecule has 1 aliphatic rings. The fourth-order valence-electron chi connectivity index (χ4n) is 2.75. The van der Waals surface area contributed by atoms with Gasteiger partial charge in [0.1, 0.15) is 5.75 Å². The predicted octanol–water partition coefficient (Wildman–Crippen LogP) is 5.70. The van der Waals surface area contributed by atoms with Crippen molar-refractivity contribution in [2.45, 2.75) is 30.8 Å². The van der Waals surface area contributed by atoms with Gasteiger partial charge in [-0.2, -0.15) is 0 Å². The molecule has 1 atom stereocenters. The number of ether oxygens (including phenoxy) is 1. The van der Waals surface area contributed by atoms with Crippen molar-refractivity contribution >= 4 is 35.1 Å². The number of rotatable bonds is 7. The lowest BCUT2D eigenvalue weighted by Crippen LogP contribution is -2.20. The van der Waals surface area contributed by atoms with Gasteiger partial charge in [-0.15, -0.1) is 23.5 Å². The molecule has 0 aromatic heterocycles. The summed E-state index contributed by atoms with van der Waals surface area (Å²) >= 11 is 3.97. The minimum atomic E-state index is -0.146. The number of amides is 1. The maximum Gasteiger partial charge on any atom is 0.262 e. The molecule has 1 N–H and O–H groups in total. The average molecular weight is 388 g/mol. The van der Waals surface area contributed by atoms with Crippen LogP contribution in [0.3, 0.4) is 0 Å². The zero-order valence-corrected chi connectivity index (χ0v) is 16.9. The van der Waals surface area contributed by atoms with E-state index in [2.05, 4.69) is 43.4 Å². The summed E-state index contributed by atoms with van der Waals surface area (Å²) in [5.74, 6) is 3.54. The van der Waals surface area contributed by atoms with Gasteiger partial charge in [0.05, 0.1) is 4.58 Å². The fourth-order valence-corrected chi connectivity index (χ4v) is 5.61. The number of anilines is 1. The molecule has 2 aromatic rings. The molecule has 1 fully saturated rings. The third-order valence-corrected chi connectivity index (χ3v) is 7.62. The topological polar surface area (TPSA) is 38.3 Å². The smallest absolute Gasteiger partial charge is 0.262 e. The van der Waals surface area contributed by atoms with Crippen molar-refractivity contribution in [1.29, 1.82) is 0 Å². The molecule has 0 aliphatic carbocycles. The summed E-state index contributed by atoms with van der Waals surface area (Å²) in [4.78, 5) is 12.1. The molecule has 0 radical (unpaired) electrons. The average Bonchev–Trinajstić information content (AvgIpc) is 3.21. The van der Waals surface area contributed by atoms with E-state index in [9.17, 15) is 4.79 Å². The first-order chi connectivity index (χ1) is 12.7. The molecule has 1 amide bonds. The lowest BCUT2D eigenvalue weighted by molar-refractivity contribution is -0.118. The maximum atomic E-state index is 12.1. The first-order valence-electron chi connectivity index (χ1n) is 9.01. The monoisotopic (exact) mass is 387 g/mol. The molecule has 3 rings (SSSR count). The molecular formula is C21H25NO2S2. The van der Waals surface area contributed by atoms with Gasteiger partial charge in [-0.3, -0.25) is 4.79 Å². The Morgan fingerprint density at radius 1 is 1.12 bits per heavy atom. The molecule has 5 heteroatoms. The van der Waals surface area contributed by atoms with Crippen molar-refractivity contribution in [3.05, 3.63) is 59.7 Å². The van der Waals surface area contributed by atoms with Crippen molar-refractivity contribution in [1.82, 2.24) is 0 Å². The Kier molecular flexibility index (Phi) is 6.92. The van der Waals surface area contributed by atoms with Gasteiger partial charge in [-0.05, 0) is 47.7 Å². The van der Waals surface area contributed by atoms with Gasteiger partial charge in [0.25, 0.3) is 5.91 Å². The highest BCUT2D eigenvalue weighted by Gasteiger charge is 2.18. The van der Waals surface area contributed by atoms with Gasteiger partial charge >= 0.3 is 0 Å². The van der Waals surface area contributed by atoms with Crippen LogP contribution in [0.1, 0.15) is 41.9 Å². The minimum Gasteiger partial charge on any atom is -0.484 e. The Morgan fingerprint density at radius 2 is 1.77 bits per heavy atom. The Morgan fingerprint density at radius 3 is 2.38 bits per heavy atom. The second-order valence-corrected chi connectivity index (χ2v) is 9.14. The van der Waals surface area contributed by atoms with Gasteiger partial charge in [-0.25, -0.2) is 0 Å². The number of hydrogen-bond donors (Lipinski definition) is 1. The van der Waals surface area contributed by atoms with E-state index in [0.29, 0.717) is 10.5 Å². The molecule has 0 unspecified atom stereocenters. The van der Waals surface area contributed by atoms with E-state index in [0.717, 1.165) is 17.9 Å². The SMILES string of the molecule is CC[C@@H](C)c1ccc(NC(=O)COc2ccc(C3SCCS3)cc2)cc1. The van der Waals surface area contributed by atoms with Crippen LogP contribution < -0.4 is 10.1 Å². The third kappa shape index (κ3) is 5.21. The van der Waals surface area contributed by atoms with Crippen molar-refractivity contribution < 1.29 is 9.53 Å². The summed E-state index contributed by atoms with van der Waals surface area (Å²) in [6, 6.07) is 16.1. The van der Waals surface area contributed by atoms with Crippen LogP contribution in [0, 0.1) is 0 Å². The zero-order valence-electron chi connectivity index (χ0n) is 15.2. The third-order valence-electron chi connectivity index (χ3n) is 4.52. The van der Waals surface area contributed by atoms with Crippen LogP contribution in [-0.2, 0) is 4.79 Å². The Labute approximate surface area is 164 Å². The quantitative estimate of drug-likeness (QED) is 0.662.